The summed E-state index contributed by atoms with van der Waals surface area (Å²) in [5, 5.41) is 2.39. The molecule has 4 nitrogen and oxygen atoms in total. The average Bonchev–Trinajstić information content (AvgIpc) is 2.75. The molecule has 3 rings (SSSR count). The van der Waals surface area contributed by atoms with Crippen LogP contribution in [0.4, 0.5) is 5.69 Å². The Balaban J connectivity index is 1.96. The maximum Gasteiger partial charge on any atom is 0.340 e. The number of thioether (sulfide) groups is 1. The Bertz CT molecular complexity index is 1060. The van der Waals surface area contributed by atoms with Gasteiger partial charge < -0.3 is 10.1 Å². The third-order valence-corrected chi connectivity index (χ3v) is 6.99. The van der Waals surface area contributed by atoms with Crippen LogP contribution in [0.2, 0.25) is 0 Å². The molecule has 1 N–H and O–H groups in total. The lowest BCUT2D eigenvalue weighted by atomic mass is 10.1. The van der Waals surface area contributed by atoms with Gasteiger partial charge in [0.15, 0.2) is 0 Å². The minimum absolute atomic E-state index is 0.248. The first-order valence-corrected chi connectivity index (χ1v) is 12.0. The number of amides is 1. The fourth-order valence-electron chi connectivity index (χ4n) is 2.71. The molecule has 0 fully saturated rings. The molecule has 0 spiro atoms. The number of benzene rings is 3. The van der Waals surface area contributed by atoms with E-state index < -0.39 is 11.2 Å². The number of halogens is 3. The predicted octanol–water partition coefficient (Wildman–Crippen LogP) is 7.23. The molecule has 8 heteroatoms. The molecular formula is C22H16Br3NO3S. The van der Waals surface area contributed by atoms with Crippen LogP contribution in [0.25, 0.3) is 0 Å². The Labute approximate surface area is 204 Å². The number of rotatable bonds is 6. The van der Waals surface area contributed by atoms with Crippen molar-refractivity contribution in [3.8, 4) is 0 Å². The van der Waals surface area contributed by atoms with E-state index in [1.54, 1.807) is 12.1 Å². The maximum absolute atomic E-state index is 13.4. The summed E-state index contributed by atoms with van der Waals surface area (Å²) in [6, 6.07) is 20.7. The Morgan fingerprint density at radius 1 is 0.933 bits per heavy atom. The highest BCUT2D eigenvalue weighted by Gasteiger charge is 2.25. The first-order valence-electron chi connectivity index (χ1n) is 8.74. The number of hydrogen-bond donors (Lipinski definition) is 1. The highest BCUT2D eigenvalue weighted by atomic mass is 79.9. The second kappa shape index (κ2) is 10.6. The van der Waals surface area contributed by atoms with E-state index in [1.165, 1.54) is 18.9 Å². The van der Waals surface area contributed by atoms with E-state index in [4.69, 9.17) is 4.74 Å². The lowest BCUT2D eigenvalue weighted by Crippen LogP contribution is -2.21. The molecule has 0 heterocycles. The van der Waals surface area contributed by atoms with Crippen molar-refractivity contribution < 1.29 is 14.3 Å². The van der Waals surface area contributed by atoms with E-state index in [0.717, 1.165) is 14.9 Å². The standard InChI is InChI=1S/C22H16Br3NO3S/c1-29-22(28)17-11-15(24)12-18(25)19(17)26-21(27)20(13-5-3-2-4-6-13)30-16-9-7-14(23)8-10-16/h2-12,20H,1H3,(H,26,27). The van der Waals surface area contributed by atoms with Gasteiger partial charge in [0.1, 0.15) is 5.25 Å². The van der Waals surface area contributed by atoms with Crippen molar-refractivity contribution in [2.45, 2.75) is 10.1 Å². The third kappa shape index (κ3) is 5.75. The molecule has 154 valence electrons. The van der Waals surface area contributed by atoms with Crippen molar-refractivity contribution in [3.05, 3.63) is 91.3 Å². The van der Waals surface area contributed by atoms with Gasteiger partial charge in [0, 0.05) is 18.3 Å². The zero-order valence-electron chi connectivity index (χ0n) is 15.7. The summed E-state index contributed by atoms with van der Waals surface area (Å²) in [6.45, 7) is 0. The van der Waals surface area contributed by atoms with E-state index in [-0.39, 0.29) is 11.5 Å². The Morgan fingerprint density at radius 3 is 2.23 bits per heavy atom. The molecule has 0 saturated heterocycles. The van der Waals surface area contributed by atoms with Crippen LogP contribution in [0.15, 0.2) is 85.0 Å². The number of methoxy groups -OCH3 is 1. The summed E-state index contributed by atoms with van der Waals surface area (Å²) in [4.78, 5) is 26.6. The fourth-order valence-corrected chi connectivity index (χ4v) is 5.32. The maximum atomic E-state index is 13.4. The summed E-state index contributed by atoms with van der Waals surface area (Å²) >= 11 is 11.7. The van der Waals surface area contributed by atoms with Crippen molar-refractivity contribution in [1.82, 2.24) is 0 Å². The summed E-state index contributed by atoms with van der Waals surface area (Å²) in [6.07, 6.45) is 0. The van der Waals surface area contributed by atoms with Crippen molar-refractivity contribution in [2.75, 3.05) is 12.4 Å². The van der Waals surface area contributed by atoms with Crippen LogP contribution >= 0.6 is 59.6 Å². The second-order valence-corrected chi connectivity index (χ2v) is 10.0. The first-order chi connectivity index (χ1) is 14.4. The fraction of sp³-hybridized carbons (Fsp3) is 0.0909. The lowest BCUT2D eigenvalue weighted by Gasteiger charge is -2.19. The van der Waals surface area contributed by atoms with E-state index >= 15 is 0 Å². The summed E-state index contributed by atoms with van der Waals surface area (Å²) in [5.41, 5.74) is 1.48. The molecule has 1 unspecified atom stereocenters. The SMILES string of the molecule is COC(=O)c1cc(Br)cc(Br)c1NC(=O)C(Sc1ccc(Br)cc1)c1ccccc1. The second-order valence-electron chi connectivity index (χ2n) is 6.15. The molecule has 1 atom stereocenters. The van der Waals surface area contributed by atoms with Gasteiger partial charge in [0.25, 0.3) is 0 Å². The van der Waals surface area contributed by atoms with Gasteiger partial charge in [-0.25, -0.2) is 4.79 Å². The molecule has 0 radical (unpaired) electrons. The number of hydrogen-bond acceptors (Lipinski definition) is 4. The van der Waals surface area contributed by atoms with Crippen molar-refractivity contribution in [3.63, 3.8) is 0 Å². The van der Waals surface area contributed by atoms with Gasteiger partial charge >= 0.3 is 5.97 Å². The quantitative estimate of drug-likeness (QED) is 0.235. The van der Waals surface area contributed by atoms with Gasteiger partial charge in [-0.1, -0.05) is 62.2 Å². The van der Waals surface area contributed by atoms with Crippen LogP contribution in [0, 0.1) is 0 Å². The summed E-state index contributed by atoms with van der Waals surface area (Å²) in [5.74, 6) is -0.786. The number of carbonyl (C=O) groups excluding carboxylic acids is 2. The Morgan fingerprint density at radius 2 is 1.60 bits per heavy atom. The van der Waals surface area contributed by atoms with Crippen molar-refractivity contribution >= 4 is 77.1 Å². The number of nitrogens with one attached hydrogen (secondary N) is 1. The van der Waals surface area contributed by atoms with Crippen LogP contribution in [0.1, 0.15) is 21.2 Å². The van der Waals surface area contributed by atoms with Gasteiger partial charge in [-0.15, -0.1) is 11.8 Å². The normalized spacial score (nSPS) is 11.6. The third-order valence-electron chi connectivity index (χ3n) is 4.12. The topological polar surface area (TPSA) is 55.4 Å². The van der Waals surface area contributed by atoms with Crippen LogP contribution < -0.4 is 5.32 Å². The average molecular weight is 614 g/mol. The molecular weight excluding hydrogens is 598 g/mol. The van der Waals surface area contributed by atoms with Crippen LogP contribution in [-0.4, -0.2) is 19.0 Å². The van der Waals surface area contributed by atoms with E-state index in [1.807, 2.05) is 54.6 Å². The van der Waals surface area contributed by atoms with Crippen LogP contribution in [0.5, 0.6) is 0 Å². The smallest absolute Gasteiger partial charge is 0.340 e. The zero-order chi connectivity index (χ0) is 21.7. The number of esters is 1. The van der Waals surface area contributed by atoms with Gasteiger partial charge in [0.2, 0.25) is 5.91 Å². The van der Waals surface area contributed by atoms with E-state index in [0.29, 0.717) is 14.6 Å². The van der Waals surface area contributed by atoms with Crippen molar-refractivity contribution in [2.24, 2.45) is 0 Å². The minimum Gasteiger partial charge on any atom is -0.465 e. The van der Waals surface area contributed by atoms with Crippen LogP contribution in [0.3, 0.4) is 0 Å². The van der Waals surface area contributed by atoms with Gasteiger partial charge in [0.05, 0.1) is 18.4 Å². The van der Waals surface area contributed by atoms with Crippen molar-refractivity contribution in [1.29, 1.82) is 0 Å². The molecule has 0 aromatic heterocycles. The molecule has 0 aliphatic carbocycles. The molecule has 30 heavy (non-hydrogen) atoms. The zero-order valence-corrected chi connectivity index (χ0v) is 21.3. The molecule has 0 saturated carbocycles. The number of anilines is 1. The molecule has 0 aliphatic heterocycles. The summed E-state index contributed by atoms with van der Waals surface area (Å²) in [7, 11) is 1.30. The largest absolute Gasteiger partial charge is 0.465 e. The van der Waals surface area contributed by atoms with Gasteiger partial charge in [-0.05, 0) is 57.9 Å². The summed E-state index contributed by atoms with van der Waals surface area (Å²) < 4.78 is 7.11. The number of ether oxygens (including phenoxy) is 1. The highest BCUT2D eigenvalue weighted by molar-refractivity contribution is 9.11. The first kappa shape index (κ1) is 23.1. The Kier molecular flexibility index (Phi) is 8.16. The van der Waals surface area contributed by atoms with Gasteiger partial charge in [-0.3, -0.25) is 4.79 Å². The molecule has 3 aromatic carbocycles. The highest BCUT2D eigenvalue weighted by Crippen LogP contribution is 2.38. The lowest BCUT2D eigenvalue weighted by molar-refractivity contribution is -0.115. The number of carbonyl (C=O) groups is 2. The molecule has 1 amide bonds. The van der Waals surface area contributed by atoms with Crippen LogP contribution in [-0.2, 0) is 9.53 Å². The minimum atomic E-state index is -0.538. The molecule has 3 aromatic rings. The Hall–Kier alpha value is -1.61. The van der Waals surface area contributed by atoms with E-state index in [9.17, 15) is 9.59 Å². The molecule has 0 aliphatic rings. The van der Waals surface area contributed by atoms with Gasteiger partial charge in [-0.2, -0.15) is 0 Å². The molecule has 0 bridgehead atoms. The van der Waals surface area contributed by atoms with E-state index in [2.05, 4.69) is 53.1 Å². The predicted molar refractivity (Wildman–Crippen MR) is 131 cm³/mol. The monoisotopic (exact) mass is 611 g/mol.